The van der Waals surface area contributed by atoms with Gasteiger partial charge in [0.25, 0.3) is 11.8 Å². The largest absolute Gasteiger partial charge is 0.488 e. The molecule has 6 nitrogen and oxygen atoms in total. The van der Waals surface area contributed by atoms with Crippen molar-refractivity contribution in [3.63, 3.8) is 0 Å². The van der Waals surface area contributed by atoms with Crippen molar-refractivity contribution in [2.45, 2.75) is 25.5 Å². The van der Waals surface area contributed by atoms with Gasteiger partial charge in [-0.2, -0.15) is 0 Å². The number of amides is 2. The molecule has 2 heterocycles. The first-order valence-electron chi connectivity index (χ1n) is 10.2. The first-order chi connectivity index (χ1) is 15.1. The molecule has 0 saturated carbocycles. The second-order valence-corrected chi connectivity index (χ2v) is 7.80. The SMILES string of the molecule is O=C(NC1CCN(C(=O)c2ccco2)CC1)c1ccccc1OCc1ccccc1Cl. The Morgan fingerprint density at radius 1 is 1.03 bits per heavy atom. The molecule has 0 bridgehead atoms. The summed E-state index contributed by atoms with van der Waals surface area (Å²) in [6.07, 6.45) is 2.85. The van der Waals surface area contributed by atoms with E-state index in [1.54, 1.807) is 29.2 Å². The molecule has 0 aliphatic carbocycles. The van der Waals surface area contributed by atoms with Gasteiger partial charge in [0.15, 0.2) is 5.76 Å². The number of nitrogens with zero attached hydrogens (tertiary/aromatic N) is 1. The quantitative estimate of drug-likeness (QED) is 0.613. The molecule has 0 radical (unpaired) electrons. The summed E-state index contributed by atoms with van der Waals surface area (Å²) in [5.41, 5.74) is 1.33. The van der Waals surface area contributed by atoms with Crippen molar-refractivity contribution in [3.8, 4) is 5.75 Å². The smallest absolute Gasteiger partial charge is 0.289 e. The molecule has 1 aliphatic rings. The Morgan fingerprint density at radius 2 is 1.77 bits per heavy atom. The first kappa shape index (κ1) is 21.0. The normalized spacial score (nSPS) is 14.3. The average molecular weight is 439 g/mol. The zero-order chi connectivity index (χ0) is 21.6. The van der Waals surface area contributed by atoms with Crippen LogP contribution in [0, 0.1) is 0 Å². The van der Waals surface area contributed by atoms with Crippen molar-refractivity contribution in [2.24, 2.45) is 0 Å². The maximum absolute atomic E-state index is 12.9. The molecule has 1 aliphatic heterocycles. The number of carbonyl (C=O) groups is 2. The van der Waals surface area contributed by atoms with Gasteiger partial charge >= 0.3 is 0 Å². The van der Waals surface area contributed by atoms with Gasteiger partial charge in [0.05, 0.1) is 11.8 Å². The number of carbonyl (C=O) groups excluding carboxylic acids is 2. The lowest BCUT2D eigenvalue weighted by Crippen LogP contribution is -2.46. The van der Waals surface area contributed by atoms with E-state index in [4.69, 9.17) is 20.8 Å². The van der Waals surface area contributed by atoms with Gasteiger partial charge in [0.2, 0.25) is 0 Å². The lowest BCUT2D eigenvalue weighted by atomic mass is 10.0. The van der Waals surface area contributed by atoms with Gasteiger partial charge in [0, 0.05) is 29.7 Å². The molecule has 1 N–H and O–H groups in total. The number of ether oxygens (including phenoxy) is 1. The first-order valence-corrected chi connectivity index (χ1v) is 10.6. The number of nitrogens with one attached hydrogen (secondary N) is 1. The molecule has 0 unspecified atom stereocenters. The van der Waals surface area contributed by atoms with Gasteiger partial charge in [-0.25, -0.2) is 0 Å². The fourth-order valence-electron chi connectivity index (χ4n) is 3.60. The van der Waals surface area contributed by atoms with Gasteiger partial charge in [0.1, 0.15) is 12.4 Å². The van der Waals surface area contributed by atoms with Crippen molar-refractivity contribution < 1.29 is 18.7 Å². The summed E-state index contributed by atoms with van der Waals surface area (Å²) in [6, 6.07) is 18.0. The maximum Gasteiger partial charge on any atom is 0.289 e. The highest BCUT2D eigenvalue weighted by Crippen LogP contribution is 2.23. The van der Waals surface area contributed by atoms with E-state index in [1.807, 2.05) is 36.4 Å². The van der Waals surface area contributed by atoms with Gasteiger partial charge in [-0.3, -0.25) is 9.59 Å². The molecule has 2 amide bonds. The summed E-state index contributed by atoms with van der Waals surface area (Å²) in [6.45, 7) is 1.40. The third-order valence-corrected chi connectivity index (χ3v) is 5.69. The molecule has 1 fully saturated rings. The Kier molecular flexibility index (Phi) is 6.57. The highest BCUT2D eigenvalue weighted by molar-refractivity contribution is 6.31. The van der Waals surface area contributed by atoms with Gasteiger partial charge in [-0.05, 0) is 43.2 Å². The van der Waals surface area contributed by atoms with Crippen molar-refractivity contribution >= 4 is 23.4 Å². The van der Waals surface area contributed by atoms with E-state index in [0.29, 0.717) is 48.0 Å². The third-order valence-electron chi connectivity index (χ3n) is 5.32. The van der Waals surface area contributed by atoms with Crippen molar-refractivity contribution in [1.29, 1.82) is 0 Å². The van der Waals surface area contributed by atoms with Crippen LogP contribution in [0.1, 0.15) is 39.3 Å². The number of furan rings is 1. The topological polar surface area (TPSA) is 71.8 Å². The molecular formula is C24H23ClN2O4. The molecule has 1 saturated heterocycles. The summed E-state index contributed by atoms with van der Waals surface area (Å²) < 4.78 is 11.1. The molecule has 160 valence electrons. The minimum atomic E-state index is -0.189. The predicted molar refractivity (Wildman–Crippen MR) is 117 cm³/mol. The van der Waals surface area contributed by atoms with E-state index in [2.05, 4.69) is 5.32 Å². The van der Waals surface area contributed by atoms with Crippen molar-refractivity contribution in [2.75, 3.05) is 13.1 Å². The van der Waals surface area contributed by atoms with E-state index in [9.17, 15) is 9.59 Å². The fourth-order valence-corrected chi connectivity index (χ4v) is 3.79. The fraction of sp³-hybridized carbons (Fsp3) is 0.250. The number of hydrogen-bond acceptors (Lipinski definition) is 4. The molecule has 0 atom stereocenters. The molecule has 7 heteroatoms. The van der Waals surface area contributed by atoms with Crippen LogP contribution in [0.2, 0.25) is 5.02 Å². The molecule has 2 aromatic carbocycles. The molecule has 0 spiro atoms. The summed E-state index contributed by atoms with van der Waals surface area (Å²) in [5, 5.41) is 3.70. The Labute approximate surface area is 185 Å². The number of piperidine rings is 1. The molecule has 1 aromatic heterocycles. The predicted octanol–water partition coefficient (Wildman–Crippen LogP) is 4.55. The van der Waals surface area contributed by atoms with Crippen LogP contribution in [0.4, 0.5) is 0 Å². The van der Waals surface area contributed by atoms with Crippen LogP contribution < -0.4 is 10.1 Å². The second kappa shape index (κ2) is 9.71. The van der Waals surface area contributed by atoms with Crippen LogP contribution in [0.25, 0.3) is 0 Å². The van der Waals surface area contributed by atoms with Crippen LogP contribution in [-0.2, 0) is 6.61 Å². The highest BCUT2D eigenvalue weighted by Gasteiger charge is 2.26. The van der Waals surface area contributed by atoms with E-state index < -0.39 is 0 Å². The Hall–Kier alpha value is -3.25. The molecule has 4 rings (SSSR count). The number of hydrogen-bond donors (Lipinski definition) is 1. The van der Waals surface area contributed by atoms with Gasteiger partial charge < -0.3 is 19.4 Å². The van der Waals surface area contributed by atoms with E-state index in [-0.39, 0.29) is 24.5 Å². The number of rotatable bonds is 6. The minimum absolute atomic E-state index is 0.00947. The zero-order valence-corrected chi connectivity index (χ0v) is 17.7. The number of likely N-dealkylation sites (tertiary alicyclic amines) is 1. The van der Waals surface area contributed by atoms with Crippen LogP contribution >= 0.6 is 11.6 Å². The van der Waals surface area contributed by atoms with E-state index in [0.717, 1.165) is 5.56 Å². The van der Waals surface area contributed by atoms with Gasteiger partial charge in [-0.15, -0.1) is 0 Å². The van der Waals surface area contributed by atoms with Crippen molar-refractivity contribution in [1.82, 2.24) is 10.2 Å². The summed E-state index contributed by atoms with van der Waals surface area (Å²) in [7, 11) is 0. The lowest BCUT2D eigenvalue weighted by molar-refractivity contribution is 0.0667. The molecule has 3 aromatic rings. The minimum Gasteiger partial charge on any atom is -0.488 e. The van der Waals surface area contributed by atoms with Crippen LogP contribution in [-0.4, -0.2) is 35.8 Å². The Balaban J connectivity index is 1.34. The van der Waals surface area contributed by atoms with E-state index >= 15 is 0 Å². The number of para-hydroxylation sites is 1. The monoisotopic (exact) mass is 438 g/mol. The van der Waals surface area contributed by atoms with Crippen molar-refractivity contribution in [3.05, 3.63) is 88.8 Å². The van der Waals surface area contributed by atoms with Crippen LogP contribution in [0.15, 0.2) is 71.3 Å². The average Bonchev–Trinajstić information content (AvgIpc) is 3.34. The standard InChI is InChI=1S/C24H23ClN2O4/c25-20-8-3-1-6-17(20)16-31-21-9-4-2-7-19(21)23(28)26-18-11-13-27(14-12-18)24(29)22-10-5-15-30-22/h1-10,15,18H,11-14,16H2,(H,26,28). The number of benzene rings is 2. The Bertz CT molecular complexity index is 1040. The lowest BCUT2D eigenvalue weighted by Gasteiger charge is -2.32. The third kappa shape index (κ3) is 5.09. The number of halogens is 1. The van der Waals surface area contributed by atoms with Crippen LogP contribution in [0.3, 0.4) is 0 Å². The molecule has 31 heavy (non-hydrogen) atoms. The Morgan fingerprint density at radius 3 is 2.52 bits per heavy atom. The van der Waals surface area contributed by atoms with E-state index in [1.165, 1.54) is 6.26 Å². The summed E-state index contributed by atoms with van der Waals surface area (Å²) in [5.74, 6) is 0.538. The molecular weight excluding hydrogens is 416 g/mol. The summed E-state index contributed by atoms with van der Waals surface area (Å²) >= 11 is 6.20. The zero-order valence-electron chi connectivity index (χ0n) is 16.9. The van der Waals surface area contributed by atoms with Gasteiger partial charge in [-0.1, -0.05) is 41.9 Å². The maximum atomic E-state index is 12.9. The second-order valence-electron chi connectivity index (χ2n) is 7.39. The van der Waals surface area contributed by atoms with Crippen LogP contribution in [0.5, 0.6) is 5.75 Å². The highest BCUT2D eigenvalue weighted by atomic mass is 35.5. The summed E-state index contributed by atoms with van der Waals surface area (Å²) in [4.78, 5) is 27.0.